The highest BCUT2D eigenvalue weighted by atomic mass is 16.5. The van der Waals surface area contributed by atoms with Crippen LogP contribution in [0.2, 0.25) is 0 Å². The quantitative estimate of drug-likeness (QED) is 0.868. The van der Waals surface area contributed by atoms with Crippen molar-refractivity contribution in [2.75, 3.05) is 20.2 Å². The maximum atomic E-state index is 5.99. The molecule has 2 rings (SSSR count). The summed E-state index contributed by atoms with van der Waals surface area (Å²) >= 11 is 0. The predicted molar refractivity (Wildman–Crippen MR) is 70.2 cm³/mol. The molecule has 1 aliphatic rings. The highest BCUT2D eigenvalue weighted by Crippen LogP contribution is 2.20. The molecule has 1 fully saturated rings. The number of hydrogen-bond donors (Lipinski definition) is 1. The fourth-order valence-corrected chi connectivity index (χ4v) is 2.53. The van der Waals surface area contributed by atoms with Crippen LogP contribution in [0.25, 0.3) is 0 Å². The Bertz CT molecular complexity index is 378. The van der Waals surface area contributed by atoms with E-state index in [9.17, 15) is 0 Å². The maximum absolute atomic E-state index is 5.99. The number of methoxy groups -OCH3 is 1. The molecule has 0 aromatic heterocycles. The summed E-state index contributed by atoms with van der Waals surface area (Å²) in [7, 11) is 1.71. The Labute approximate surface area is 104 Å². The number of nitrogens with zero attached hydrogens (tertiary/aromatic N) is 1. The number of likely N-dealkylation sites (tertiary alicyclic amines) is 1. The maximum Gasteiger partial charge on any atom is 0.121 e. The van der Waals surface area contributed by atoms with Crippen molar-refractivity contribution in [1.82, 2.24) is 4.90 Å². The molecule has 1 aliphatic heterocycles. The first-order chi connectivity index (χ1) is 8.19. The summed E-state index contributed by atoms with van der Waals surface area (Å²) in [6, 6.07) is 6.75. The van der Waals surface area contributed by atoms with Crippen molar-refractivity contribution in [1.29, 1.82) is 0 Å². The Morgan fingerprint density at radius 3 is 2.94 bits per heavy atom. The summed E-state index contributed by atoms with van der Waals surface area (Å²) in [4.78, 5) is 2.44. The Morgan fingerprint density at radius 1 is 1.47 bits per heavy atom. The van der Waals surface area contributed by atoms with E-state index in [1.165, 1.54) is 24.1 Å². The average molecular weight is 234 g/mol. The molecule has 0 amide bonds. The molecule has 3 nitrogen and oxygen atoms in total. The van der Waals surface area contributed by atoms with E-state index >= 15 is 0 Å². The summed E-state index contributed by atoms with van der Waals surface area (Å²) in [5, 5.41) is 0. The van der Waals surface area contributed by atoms with Crippen LogP contribution in [0.15, 0.2) is 18.2 Å². The fourth-order valence-electron chi connectivity index (χ4n) is 2.53. The summed E-state index contributed by atoms with van der Waals surface area (Å²) < 4.78 is 5.27. The van der Waals surface area contributed by atoms with Crippen LogP contribution in [-0.2, 0) is 6.54 Å². The highest BCUT2D eigenvalue weighted by molar-refractivity contribution is 5.36. The lowest BCUT2D eigenvalue weighted by atomic mass is 10.0. The molecular weight excluding hydrogens is 212 g/mol. The number of nitrogens with two attached hydrogens (primary N) is 1. The first kappa shape index (κ1) is 12.4. The molecule has 0 saturated carbocycles. The fraction of sp³-hybridized carbons (Fsp3) is 0.571. The third kappa shape index (κ3) is 3.20. The lowest BCUT2D eigenvalue weighted by molar-refractivity contribution is 0.201. The Hall–Kier alpha value is -1.06. The van der Waals surface area contributed by atoms with E-state index in [4.69, 9.17) is 10.5 Å². The smallest absolute Gasteiger partial charge is 0.121 e. The van der Waals surface area contributed by atoms with Crippen LogP contribution in [-0.4, -0.2) is 31.1 Å². The lowest BCUT2D eigenvalue weighted by Crippen LogP contribution is -2.42. The van der Waals surface area contributed by atoms with Gasteiger partial charge in [0.1, 0.15) is 5.75 Å². The zero-order valence-corrected chi connectivity index (χ0v) is 10.8. The van der Waals surface area contributed by atoms with E-state index in [0.717, 1.165) is 25.3 Å². The van der Waals surface area contributed by atoms with Crippen LogP contribution in [0.3, 0.4) is 0 Å². The van der Waals surface area contributed by atoms with E-state index in [2.05, 4.69) is 30.0 Å². The molecule has 0 spiro atoms. The molecule has 1 heterocycles. The molecule has 1 aromatic carbocycles. The summed E-state index contributed by atoms with van der Waals surface area (Å²) in [5.41, 5.74) is 8.54. The number of ether oxygens (including phenoxy) is 1. The van der Waals surface area contributed by atoms with Crippen LogP contribution in [0.4, 0.5) is 0 Å². The third-order valence-electron chi connectivity index (χ3n) is 3.41. The van der Waals surface area contributed by atoms with Crippen molar-refractivity contribution >= 4 is 0 Å². The molecule has 17 heavy (non-hydrogen) atoms. The van der Waals surface area contributed by atoms with E-state index in [-0.39, 0.29) is 0 Å². The van der Waals surface area contributed by atoms with Gasteiger partial charge in [0.05, 0.1) is 7.11 Å². The van der Waals surface area contributed by atoms with Gasteiger partial charge in [-0.1, -0.05) is 12.1 Å². The third-order valence-corrected chi connectivity index (χ3v) is 3.41. The number of aryl methyl sites for hydroxylation is 1. The summed E-state index contributed by atoms with van der Waals surface area (Å²) in [6.45, 7) is 5.27. The minimum Gasteiger partial charge on any atom is -0.496 e. The van der Waals surface area contributed by atoms with Gasteiger partial charge in [0.2, 0.25) is 0 Å². The van der Waals surface area contributed by atoms with Crippen molar-refractivity contribution in [2.45, 2.75) is 32.4 Å². The lowest BCUT2D eigenvalue weighted by Gasteiger charge is -2.30. The second-order valence-corrected chi connectivity index (χ2v) is 4.94. The van der Waals surface area contributed by atoms with Gasteiger partial charge in [0, 0.05) is 19.1 Å². The molecule has 0 unspecified atom stereocenters. The first-order valence-corrected chi connectivity index (χ1v) is 6.30. The van der Waals surface area contributed by atoms with Gasteiger partial charge in [-0.05, 0) is 43.5 Å². The number of benzene rings is 1. The molecule has 1 atom stereocenters. The molecule has 0 aliphatic carbocycles. The number of rotatable bonds is 3. The normalized spacial score (nSPS) is 21.5. The van der Waals surface area contributed by atoms with Crippen molar-refractivity contribution in [2.24, 2.45) is 5.73 Å². The second kappa shape index (κ2) is 5.52. The summed E-state index contributed by atoms with van der Waals surface area (Å²) in [5.74, 6) is 0.962. The van der Waals surface area contributed by atoms with Gasteiger partial charge in [-0.15, -0.1) is 0 Å². The second-order valence-electron chi connectivity index (χ2n) is 4.94. The topological polar surface area (TPSA) is 38.5 Å². The van der Waals surface area contributed by atoms with Crippen LogP contribution in [0, 0.1) is 6.92 Å². The molecule has 94 valence electrons. The zero-order valence-electron chi connectivity index (χ0n) is 10.8. The largest absolute Gasteiger partial charge is 0.496 e. The van der Waals surface area contributed by atoms with Crippen LogP contribution in [0.5, 0.6) is 5.75 Å². The van der Waals surface area contributed by atoms with E-state index in [0.29, 0.717) is 6.04 Å². The van der Waals surface area contributed by atoms with Gasteiger partial charge in [-0.25, -0.2) is 0 Å². The van der Waals surface area contributed by atoms with E-state index in [1.807, 2.05) is 0 Å². The highest BCUT2D eigenvalue weighted by Gasteiger charge is 2.16. The molecule has 3 heteroatoms. The monoisotopic (exact) mass is 234 g/mol. The van der Waals surface area contributed by atoms with Crippen LogP contribution < -0.4 is 10.5 Å². The molecular formula is C14H22N2O. The van der Waals surface area contributed by atoms with Gasteiger partial charge in [-0.3, -0.25) is 4.90 Å². The predicted octanol–water partition coefficient (Wildman–Crippen LogP) is 1.93. The van der Waals surface area contributed by atoms with Gasteiger partial charge in [-0.2, -0.15) is 0 Å². The Morgan fingerprint density at radius 2 is 2.29 bits per heavy atom. The molecule has 2 N–H and O–H groups in total. The average Bonchev–Trinajstić information content (AvgIpc) is 2.29. The van der Waals surface area contributed by atoms with Gasteiger partial charge < -0.3 is 10.5 Å². The number of hydrogen-bond acceptors (Lipinski definition) is 3. The van der Waals surface area contributed by atoms with Gasteiger partial charge in [0.15, 0.2) is 0 Å². The molecule has 1 saturated heterocycles. The minimum absolute atomic E-state index is 0.350. The first-order valence-electron chi connectivity index (χ1n) is 6.30. The minimum atomic E-state index is 0.350. The van der Waals surface area contributed by atoms with Crippen molar-refractivity contribution < 1.29 is 4.74 Å². The Balaban J connectivity index is 2.00. The zero-order chi connectivity index (χ0) is 12.3. The van der Waals surface area contributed by atoms with Crippen molar-refractivity contribution in [3.05, 3.63) is 29.3 Å². The molecule has 0 radical (unpaired) electrons. The Kier molecular flexibility index (Phi) is 4.02. The van der Waals surface area contributed by atoms with Gasteiger partial charge in [0.25, 0.3) is 0 Å². The summed E-state index contributed by atoms with van der Waals surface area (Å²) in [6.07, 6.45) is 2.38. The van der Waals surface area contributed by atoms with Crippen LogP contribution in [0.1, 0.15) is 24.0 Å². The molecule has 1 aromatic rings. The van der Waals surface area contributed by atoms with Gasteiger partial charge >= 0.3 is 0 Å². The standard InChI is InChI=1S/C14H22N2O/c1-11-8-12(5-6-14(11)17-2)9-16-7-3-4-13(15)10-16/h5-6,8,13H,3-4,7,9-10,15H2,1-2H3/t13-/m1/s1. The number of piperidine rings is 1. The van der Waals surface area contributed by atoms with Crippen molar-refractivity contribution in [3.63, 3.8) is 0 Å². The van der Waals surface area contributed by atoms with Crippen LogP contribution >= 0.6 is 0 Å². The van der Waals surface area contributed by atoms with E-state index in [1.54, 1.807) is 7.11 Å². The van der Waals surface area contributed by atoms with Crippen molar-refractivity contribution in [3.8, 4) is 5.75 Å². The SMILES string of the molecule is COc1ccc(CN2CCC[C@@H](N)C2)cc1C. The molecule has 0 bridgehead atoms. The van der Waals surface area contributed by atoms with E-state index < -0.39 is 0 Å².